The summed E-state index contributed by atoms with van der Waals surface area (Å²) in [6.45, 7) is 8.38. The fourth-order valence-electron chi connectivity index (χ4n) is 1.99. The van der Waals surface area contributed by atoms with Crippen LogP contribution in [-0.4, -0.2) is 13.2 Å². The first kappa shape index (κ1) is 16.1. The summed E-state index contributed by atoms with van der Waals surface area (Å²) in [5, 5.41) is 1.25. The molecule has 1 saturated heterocycles. The lowest BCUT2D eigenvalue weighted by Gasteiger charge is -2.23. The minimum Gasteiger partial charge on any atom is -0.627 e. The maximum atomic E-state index is 12.6. The molecule has 0 saturated carbocycles. The van der Waals surface area contributed by atoms with Gasteiger partial charge in [-0.1, -0.05) is 37.4 Å². The number of unbranched alkanes of at least 4 members (excludes halogenated alkanes) is 2. The highest BCUT2D eigenvalue weighted by atomic mass is 35.5. The Balaban J connectivity index is 2.88. The van der Waals surface area contributed by atoms with Crippen molar-refractivity contribution in [1.29, 1.82) is 0 Å². The Bertz CT molecular complexity index is 319. The van der Waals surface area contributed by atoms with Gasteiger partial charge in [-0.05, 0) is 19.8 Å². The first-order chi connectivity index (χ1) is 8.59. The quantitative estimate of drug-likeness (QED) is 0.404. The summed E-state index contributed by atoms with van der Waals surface area (Å²) in [4.78, 5) is 12.6. The zero-order chi connectivity index (χ0) is 13.6. The molecule has 5 heteroatoms. The maximum Gasteiger partial charge on any atom is 0.268 e. The summed E-state index contributed by atoms with van der Waals surface area (Å²) in [5.41, 5.74) is 0. The van der Waals surface area contributed by atoms with Crippen molar-refractivity contribution >= 4 is 19.5 Å². The van der Waals surface area contributed by atoms with Gasteiger partial charge in [0.15, 0.2) is 0 Å². The van der Waals surface area contributed by atoms with Crippen LogP contribution in [0.15, 0.2) is 23.0 Å². The molecule has 2 unspecified atom stereocenters. The highest BCUT2D eigenvalue weighted by molar-refractivity contribution is 7.64. The zero-order valence-corrected chi connectivity index (χ0v) is 12.8. The second-order valence-corrected chi connectivity index (χ2v) is 6.75. The van der Waals surface area contributed by atoms with Crippen molar-refractivity contribution in [2.75, 3.05) is 13.2 Å². The van der Waals surface area contributed by atoms with Gasteiger partial charge < -0.3 is 4.89 Å². The van der Waals surface area contributed by atoms with Crippen LogP contribution in [0.5, 0.6) is 0 Å². The summed E-state index contributed by atoms with van der Waals surface area (Å²) < 4.78 is 10.6. The lowest BCUT2D eigenvalue weighted by molar-refractivity contribution is -0.211. The Kier molecular flexibility index (Phi) is 6.83. The predicted octanol–water partition coefficient (Wildman–Crippen LogP) is 4.01. The molecule has 2 atom stereocenters. The van der Waals surface area contributed by atoms with Gasteiger partial charge in [0.25, 0.3) is 7.94 Å². The standard InChI is InChI=1S/C13H22ClO3P/c1-4-7-8-9-12(14)13-11(5-2)10-17-18(13,15)16-6-3/h5,11H,2,4,6-10H2,1,3H3/b13-12+. The van der Waals surface area contributed by atoms with Crippen molar-refractivity contribution in [3.63, 3.8) is 0 Å². The molecular weight excluding hydrogens is 271 g/mol. The molecule has 1 fully saturated rings. The van der Waals surface area contributed by atoms with Gasteiger partial charge in [0, 0.05) is 0 Å². The van der Waals surface area contributed by atoms with Crippen LogP contribution >= 0.6 is 19.5 Å². The van der Waals surface area contributed by atoms with Gasteiger partial charge in [-0.2, -0.15) is 0 Å². The van der Waals surface area contributed by atoms with Crippen molar-refractivity contribution in [2.45, 2.75) is 39.5 Å². The van der Waals surface area contributed by atoms with E-state index in [4.69, 9.17) is 20.6 Å². The van der Waals surface area contributed by atoms with E-state index in [-0.39, 0.29) is 5.92 Å². The van der Waals surface area contributed by atoms with Crippen molar-refractivity contribution in [3.05, 3.63) is 23.0 Å². The van der Waals surface area contributed by atoms with Gasteiger partial charge in [-0.15, -0.1) is 6.58 Å². The molecular formula is C13H22ClO3P. The molecule has 1 aliphatic heterocycles. The van der Waals surface area contributed by atoms with E-state index in [0.717, 1.165) is 25.7 Å². The Hall–Kier alpha value is 0.0800. The van der Waals surface area contributed by atoms with E-state index in [0.29, 0.717) is 23.6 Å². The summed E-state index contributed by atoms with van der Waals surface area (Å²) in [5.74, 6) is -0.0866. The second kappa shape index (κ2) is 7.62. The fourth-order valence-corrected chi connectivity index (χ4v) is 4.62. The molecule has 104 valence electrons. The molecule has 18 heavy (non-hydrogen) atoms. The first-order valence-corrected chi connectivity index (χ1v) is 8.41. The normalized spacial score (nSPS) is 30.6. The van der Waals surface area contributed by atoms with Crippen molar-refractivity contribution in [1.82, 2.24) is 0 Å². The third-order valence-electron chi connectivity index (χ3n) is 2.93. The third-order valence-corrected chi connectivity index (χ3v) is 5.73. The van der Waals surface area contributed by atoms with Gasteiger partial charge in [0.2, 0.25) is 0 Å². The molecule has 0 N–H and O–H groups in total. The third kappa shape index (κ3) is 3.79. The number of halogens is 1. The van der Waals surface area contributed by atoms with Crippen LogP contribution in [0.1, 0.15) is 39.5 Å². The van der Waals surface area contributed by atoms with E-state index in [9.17, 15) is 4.89 Å². The highest BCUT2D eigenvalue weighted by Crippen LogP contribution is 2.68. The van der Waals surface area contributed by atoms with Crippen molar-refractivity contribution in [3.8, 4) is 0 Å². The van der Waals surface area contributed by atoms with E-state index in [1.54, 1.807) is 13.0 Å². The monoisotopic (exact) mass is 292 g/mol. The molecule has 0 aromatic carbocycles. The fraction of sp³-hybridized carbons (Fsp3) is 0.692. The Morgan fingerprint density at radius 1 is 1.61 bits per heavy atom. The zero-order valence-electron chi connectivity index (χ0n) is 11.2. The van der Waals surface area contributed by atoms with Crippen LogP contribution in [0.2, 0.25) is 0 Å². The first-order valence-electron chi connectivity index (χ1n) is 6.49. The van der Waals surface area contributed by atoms with Gasteiger partial charge in [0.05, 0.1) is 17.6 Å². The lowest BCUT2D eigenvalue weighted by Crippen LogP contribution is -2.14. The average Bonchev–Trinajstić information content (AvgIpc) is 2.67. The molecule has 0 radical (unpaired) electrons. The second-order valence-electron chi connectivity index (χ2n) is 4.30. The smallest absolute Gasteiger partial charge is 0.268 e. The van der Waals surface area contributed by atoms with Crippen molar-refractivity contribution in [2.24, 2.45) is 5.92 Å². The predicted molar refractivity (Wildman–Crippen MR) is 75.2 cm³/mol. The highest BCUT2D eigenvalue weighted by Gasteiger charge is 2.48. The molecule has 1 rings (SSSR count). The summed E-state index contributed by atoms with van der Waals surface area (Å²) in [6, 6.07) is 0. The van der Waals surface area contributed by atoms with Crippen LogP contribution in [-0.2, 0) is 9.05 Å². The Morgan fingerprint density at radius 2 is 2.33 bits per heavy atom. The molecule has 0 aromatic heterocycles. The van der Waals surface area contributed by atoms with E-state index in [1.165, 1.54) is 0 Å². The van der Waals surface area contributed by atoms with Crippen LogP contribution in [0.3, 0.4) is 0 Å². The van der Waals surface area contributed by atoms with E-state index in [1.807, 2.05) is 0 Å². The van der Waals surface area contributed by atoms with Crippen LogP contribution < -0.4 is 4.89 Å². The van der Waals surface area contributed by atoms with Gasteiger partial charge >= 0.3 is 0 Å². The molecule has 3 nitrogen and oxygen atoms in total. The summed E-state index contributed by atoms with van der Waals surface area (Å²) >= 11 is 6.32. The molecule has 1 heterocycles. The SMILES string of the molecule is C=CC1CO[P+]([O-])(OCC)/C1=C(/Cl)CCCCC. The minimum atomic E-state index is -3.18. The number of allylic oxidation sites excluding steroid dienone is 1. The Morgan fingerprint density at radius 3 is 2.89 bits per heavy atom. The molecule has 0 amide bonds. The molecule has 0 bridgehead atoms. The van der Waals surface area contributed by atoms with E-state index in [2.05, 4.69) is 13.5 Å². The van der Waals surface area contributed by atoms with Crippen molar-refractivity contribution < 1.29 is 13.9 Å². The topological polar surface area (TPSA) is 41.5 Å². The van der Waals surface area contributed by atoms with Gasteiger partial charge in [-0.25, -0.2) is 9.05 Å². The van der Waals surface area contributed by atoms with E-state index < -0.39 is 7.94 Å². The van der Waals surface area contributed by atoms with Crippen LogP contribution in [0.25, 0.3) is 0 Å². The summed E-state index contributed by atoms with van der Waals surface area (Å²) in [7, 11) is -3.18. The summed E-state index contributed by atoms with van der Waals surface area (Å²) in [6.07, 6.45) is 5.70. The average molecular weight is 293 g/mol. The maximum absolute atomic E-state index is 12.6. The Labute approximate surface area is 115 Å². The lowest BCUT2D eigenvalue weighted by atomic mass is 10.1. The number of hydrogen-bond donors (Lipinski definition) is 0. The molecule has 1 aliphatic rings. The largest absolute Gasteiger partial charge is 0.627 e. The van der Waals surface area contributed by atoms with E-state index >= 15 is 0 Å². The van der Waals surface area contributed by atoms with Crippen LogP contribution in [0.4, 0.5) is 0 Å². The number of rotatable bonds is 7. The van der Waals surface area contributed by atoms with Gasteiger partial charge in [0.1, 0.15) is 11.9 Å². The molecule has 0 aromatic rings. The minimum absolute atomic E-state index is 0.0866. The van der Waals surface area contributed by atoms with Crippen LogP contribution in [0, 0.1) is 5.92 Å². The molecule has 0 aliphatic carbocycles. The molecule has 0 spiro atoms. The van der Waals surface area contributed by atoms with Gasteiger partial charge in [-0.3, -0.25) is 0 Å². The number of hydrogen-bond acceptors (Lipinski definition) is 3.